The Bertz CT molecular complexity index is 57.7. The van der Waals surface area contributed by atoms with Gasteiger partial charge in [-0.1, -0.05) is 0 Å². The van der Waals surface area contributed by atoms with Crippen molar-refractivity contribution in [1.82, 2.24) is 0 Å². The minimum absolute atomic E-state index is 0. The molecule has 0 rings (SSSR count). The Balaban J connectivity index is -0.00000000533. The summed E-state index contributed by atoms with van der Waals surface area (Å²) in [7, 11) is 0. The quantitative estimate of drug-likeness (QED) is 0.747. The standard InChI is InChI=1S/C2H5NO2.5ClH.Zr/c3-1-2(4)5;;;;;;/h1,3H2,(H,4,5);5*1H;. The van der Waals surface area contributed by atoms with Crippen LogP contribution < -0.4 is 5.73 Å². The molecule has 0 bridgehead atoms. The molecular weight excluding hydrogens is 339 g/mol. The number of hydrogen-bond acceptors (Lipinski definition) is 2. The van der Waals surface area contributed by atoms with Gasteiger partial charge in [0.25, 0.3) is 0 Å². The van der Waals surface area contributed by atoms with Crippen molar-refractivity contribution < 1.29 is 36.1 Å². The molecule has 0 amide bonds. The van der Waals surface area contributed by atoms with Crippen LogP contribution in [0.5, 0.6) is 0 Å². The average Bonchev–Trinajstić information content (AvgIpc) is 1.38. The molecule has 0 fully saturated rings. The molecule has 0 radical (unpaired) electrons. The maximum atomic E-state index is 9.24. The summed E-state index contributed by atoms with van der Waals surface area (Å²) in [5, 5.41) is 7.60. The second kappa shape index (κ2) is 41.0. The van der Waals surface area contributed by atoms with Gasteiger partial charge in [-0.05, 0) is 0 Å². The van der Waals surface area contributed by atoms with Crippen LogP contribution in [0.4, 0.5) is 0 Å². The molecule has 3 nitrogen and oxygen atoms in total. The zero-order valence-corrected chi connectivity index (χ0v) is 11.7. The van der Waals surface area contributed by atoms with Crippen LogP contribution in [0, 0.1) is 0 Å². The zero-order chi connectivity index (χ0) is 4.28. The van der Waals surface area contributed by atoms with E-state index in [1.165, 1.54) is 0 Å². The monoisotopic (exact) mass is 345 g/mol. The van der Waals surface area contributed by atoms with Gasteiger partial charge in [0, 0.05) is 26.2 Å². The van der Waals surface area contributed by atoms with Crippen LogP contribution in [0.2, 0.25) is 0 Å². The number of hydrogen-bond donors (Lipinski definition) is 2. The van der Waals surface area contributed by atoms with Crippen LogP contribution in [0.3, 0.4) is 0 Å². The van der Waals surface area contributed by atoms with Crippen molar-refractivity contribution in [1.29, 1.82) is 0 Å². The third-order valence-corrected chi connectivity index (χ3v) is 0.175. The minimum Gasteiger partial charge on any atom is -0.480 e. The predicted molar refractivity (Wildman–Crippen MR) is 52.9 cm³/mol. The van der Waals surface area contributed by atoms with Crippen LogP contribution in [0.15, 0.2) is 0 Å². The number of carbonyl (C=O) groups is 1. The summed E-state index contributed by atoms with van der Waals surface area (Å²) in [5.41, 5.74) is 4.57. The van der Waals surface area contributed by atoms with E-state index in [4.69, 9.17) is 5.11 Å². The smallest absolute Gasteiger partial charge is 0.317 e. The van der Waals surface area contributed by atoms with Crippen molar-refractivity contribution in [3.63, 3.8) is 0 Å². The van der Waals surface area contributed by atoms with Crippen molar-refractivity contribution in [2.45, 2.75) is 0 Å². The van der Waals surface area contributed by atoms with E-state index in [1.807, 2.05) is 0 Å². The van der Waals surface area contributed by atoms with Crippen LogP contribution in [0.1, 0.15) is 0 Å². The summed E-state index contributed by atoms with van der Waals surface area (Å²) in [6.45, 7) is -0.278. The fourth-order valence-electron chi connectivity index (χ4n) is 0. The Kier molecular flexibility index (Phi) is 198. The van der Waals surface area contributed by atoms with E-state index >= 15 is 0 Å². The molecule has 0 atom stereocenters. The molecule has 11 heavy (non-hydrogen) atoms. The van der Waals surface area contributed by atoms with Gasteiger partial charge >= 0.3 is 5.97 Å². The predicted octanol–water partition coefficient (Wildman–Crippen LogP) is 1.14. The number of carboxylic acid groups (broad SMARTS) is 1. The molecule has 0 aliphatic rings. The molecule has 0 saturated carbocycles. The van der Waals surface area contributed by atoms with Crippen molar-refractivity contribution >= 4 is 68.0 Å². The molecule has 0 spiro atoms. The fraction of sp³-hybridized carbons (Fsp3) is 0.500. The second-order valence-electron chi connectivity index (χ2n) is 0.598. The molecular formula is C2H10Cl5NO2Zr. The fourth-order valence-corrected chi connectivity index (χ4v) is 0. The van der Waals surface area contributed by atoms with E-state index in [1.54, 1.807) is 0 Å². The molecule has 0 heterocycles. The van der Waals surface area contributed by atoms with Crippen LogP contribution in [0.25, 0.3) is 0 Å². The number of aliphatic carboxylic acids is 1. The zero-order valence-electron chi connectivity index (χ0n) is 5.18. The summed E-state index contributed by atoms with van der Waals surface area (Å²) < 4.78 is 0. The third kappa shape index (κ3) is 79.2. The van der Waals surface area contributed by atoms with E-state index in [0.29, 0.717) is 0 Å². The Morgan fingerprint density at radius 1 is 1.09 bits per heavy atom. The number of rotatable bonds is 1. The largest absolute Gasteiger partial charge is 0.480 e. The maximum Gasteiger partial charge on any atom is 0.317 e. The van der Waals surface area contributed by atoms with E-state index in [9.17, 15) is 4.79 Å². The minimum atomic E-state index is -0.968. The van der Waals surface area contributed by atoms with E-state index < -0.39 is 5.97 Å². The van der Waals surface area contributed by atoms with E-state index in [2.05, 4.69) is 5.73 Å². The molecule has 0 unspecified atom stereocenters. The average molecular weight is 349 g/mol. The third-order valence-electron chi connectivity index (χ3n) is 0.175. The first kappa shape index (κ1) is 53.2. The molecule has 0 aromatic heterocycles. The van der Waals surface area contributed by atoms with Crippen molar-refractivity contribution in [3.8, 4) is 0 Å². The first-order valence-corrected chi connectivity index (χ1v) is 1.19. The van der Waals surface area contributed by atoms with Gasteiger partial charge in [-0.3, -0.25) is 4.79 Å². The van der Waals surface area contributed by atoms with Gasteiger partial charge in [0.1, 0.15) is 0 Å². The molecule has 9 heteroatoms. The molecule has 0 aliphatic carbocycles. The number of halogens is 5. The summed E-state index contributed by atoms with van der Waals surface area (Å²) >= 11 is 0. The molecule has 0 aromatic carbocycles. The van der Waals surface area contributed by atoms with Gasteiger partial charge in [0.2, 0.25) is 0 Å². The summed E-state index contributed by atoms with van der Waals surface area (Å²) in [5.74, 6) is -0.968. The summed E-state index contributed by atoms with van der Waals surface area (Å²) in [6, 6.07) is 0. The first-order valence-electron chi connectivity index (χ1n) is 1.19. The molecule has 0 aliphatic heterocycles. The van der Waals surface area contributed by atoms with Crippen LogP contribution in [-0.2, 0) is 31.0 Å². The van der Waals surface area contributed by atoms with Gasteiger partial charge in [-0.15, -0.1) is 62.0 Å². The van der Waals surface area contributed by atoms with Crippen molar-refractivity contribution in [3.05, 3.63) is 0 Å². The first-order chi connectivity index (χ1) is 2.27. The maximum absolute atomic E-state index is 9.24. The number of nitrogens with two attached hydrogens (primary N) is 1. The Morgan fingerprint density at radius 2 is 1.18 bits per heavy atom. The topological polar surface area (TPSA) is 63.3 Å². The number of carboxylic acids is 1. The second-order valence-corrected chi connectivity index (χ2v) is 0.598. The summed E-state index contributed by atoms with van der Waals surface area (Å²) in [4.78, 5) is 9.24. The normalized spacial score (nSPS) is 3.36. The van der Waals surface area contributed by atoms with Gasteiger partial charge in [0.15, 0.2) is 0 Å². The van der Waals surface area contributed by atoms with Crippen LogP contribution in [-0.4, -0.2) is 17.6 Å². The van der Waals surface area contributed by atoms with Gasteiger partial charge in [0.05, 0.1) is 6.54 Å². The van der Waals surface area contributed by atoms with E-state index in [0.717, 1.165) is 0 Å². The Labute approximate surface area is 115 Å². The van der Waals surface area contributed by atoms with Gasteiger partial charge in [-0.25, -0.2) is 0 Å². The molecule has 0 aromatic rings. The SMILES string of the molecule is Cl.Cl.Cl.Cl.Cl.NCC(=O)O.[Zr]. The molecule has 3 N–H and O–H groups in total. The molecule has 0 saturated heterocycles. The van der Waals surface area contributed by atoms with Gasteiger partial charge in [-0.2, -0.15) is 0 Å². The van der Waals surface area contributed by atoms with E-state index in [-0.39, 0.29) is 94.8 Å². The van der Waals surface area contributed by atoms with Crippen LogP contribution >= 0.6 is 62.0 Å². The Morgan fingerprint density at radius 3 is 1.18 bits per heavy atom. The summed E-state index contributed by atoms with van der Waals surface area (Å²) in [6.07, 6.45) is 0. The van der Waals surface area contributed by atoms with Gasteiger partial charge < -0.3 is 10.8 Å². The molecule has 74 valence electrons. The van der Waals surface area contributed by atoms with Crippen molar-refractivity contribution in [2.75, 3.05) is 6.54 Å². The Hall–Kier alpha value is 1.76. The van der Waals surface area contributed by atoms with Crippen molar-refractivity contribution in [2.24, 2.45) is 5.73 Å².